The van der Waals surface area contributed by atoms with Crippen LogP contribution in [0.2, 0.25) is 0 Å². The largest absolute Gasteiger partial charge is 0.493 e. The summed E-state index contributed by atoms with van der Waals surface area (Å²) in [6.45, 7) is 2.40. The van der Waals surface area contributed by atoms with E-state index in [1.807, 2.05) is 37.3 Å². The molecule has 1 aliphatic rings. The molecule has 26 heavy (non-hydrogen) atoms. The Kier molecular flexibility index (Phi) is 5.16. The smallest absolute Gasteiger partial charge is 0.203 e. The Morgan fingerprint density at radius 3 is 2.35 bits per heavy atom. The molecule has 2 aromatic carbocycles. The van der Waals surface area contributed by atoms with Crippen LogP contribution >= 0.6 is 0 Å². The number of hydrogen-bond donors (Lipinski definition) is 0. The van der Waals surface area contributed by atoms with Crippen LogP contribution in [0.3, 0.4) is 0 Å². The van der Waals surface area contributed by atoms with Gasteiger partial charge < -0.3 is 18.9 Å². The summed E-state index contributed by atoms with van der Waals surface area (Å²) < 4.78 is 21.9. The van der Waals surface area contributed by atoms with Crippen LogP contribution in [0.4, 0.5) is 0 Å². The van der Waals surface area contributed by atoms with Crippen LogP contribution in [0.25, 0.3) is 6.08 Å². The Balaban J connectivity index is 2.06. The lowest BCUT2D eigenvalue weighted by molar-refractivity contribution is 0.103. The highest BCUT2D eigenvalue weighted by Gasteiger charge is 2.22. The number of carbonyl (C=O) groups is 1. The lowest BCUT2D eigenvalue weighted by atomic mass is 9.97. The number of fused-ring (bicyclic) bond motifs is 1. The van der Waals surface area contributed by atoms with Crippen molar-refractivity contribution in [2.45, 2.75) is 13.3 Å². The molecule has 1 heterocycles. The number of aryl methyl sites for hydroxylation is 1. The lowest BCUT2D eigenvalue weighted by Crippen LogP contribution is -2.03. The average molecular weight is 354 g/mol. The quantitative estimate of drug-likeness (QED) is 0.775. The van der Waals surface area contributed by atoms with Gasteiger partial charge in [-0.2, -0.15) is 0 Å². The molecule has 5 heteroatoms. The fourth-order valence-electron chi connectivity index (χ4n) is 3.10. The first-order valence-electron chi connectivity index (χ1n) is 8.36. The van der Waals surface area contributed by atoms with Gasteiger partial charge >= 0.3 is 0 Å². The Labute approximate surface area is 153 Å². The molecule has 0 aliphatic carbocycles. The molecule has 0 N–H and O–H groups in total. The maximum absolute atomic E-state index is 13.0. The molecule has 0 unspecified atom stereocenters. The molecule has 0 radical (unpaired) electrons. The van der Waals surface area contributed by atoms with Gasteiger partial charge in [0.15, 0.2) is 17.3 Å². The minimum Gasteiger partial charge on any atom is -0.493 e. The van der Waals surface area contributed by atoms with E-state index in [1.54, 1.807) is 27.4 Å². The van der Waals surface area contributed by atoms with Crippen molar-refractivity contribution in [1.82, 2.24) is 0 Å². The molecular formula is C21H22O5. The maximum atomic E-state index is 13.0. The van der Waals surface area contributed by atoms with E-state index >= 15 is 0 Å². The summed E-state index contributed by atoms with van der Waals surface area (Å²) in [5, 5.41) is 0. The SMILES string of the molecule is COc1cc(C=C2CCOc3c(C)cccc3C2=O)cc(OC)c1OC. The fraction of sp³-hybridized carbons (Fsp3) is 0.286. The van der Waals surface area contributed by atoms with Crippen molar-refractivity contribution in [3.8, 4) is 23.0 Å². The van der Waals surface area contributed by atoms with Crippen LogP contribution in [0.5, 0.6) is 23.0 Å². The number of carbonyl (C=O) groups excluding carboxylic acids is 1. The van der Waals surface area contributed by atoms with Gasteiger partial charge in [-0.3, -0.25) is 4.79 Å². The highest BCUT2D eigenvalue weighted by atomic mass is 16.5. The van der Waals surface area contributed by atoms with Gasteiger partial charge in [0, 0.05) is 12.0 Å². The number of methoxy groups -OCH3 is 3. The summed E-state index contributed by atoms with van der Waals surface area (Å²) in [5.74, 6) is 2.27. The molecule has 1 aliphatic heterocycles. The van der Waals surface area contributed by atoms with Crippen LogP contribution < -0.4 is 18.9 Å². The number of para-hydroxylation sites is 1. The minimum absolute atomic E-state index is 0.0186. The van der Waals surface area contributed by atoms with Crippen LogP contribution in [-0.2, 0) is 0 Å². The Morgan fingerprint density at radius 2 is 1.73 bits per heavy atom. The second-order valence-corrected chi connectivity index (χ2v) is 6.01. The van der Waals surface area contributed by atoms with Gasteiger partial charge in [-0.1, -0.05) is 12.1 Å². The highest BCUT2D eigenvalue weighted by molar-refractivity contribution is 6.13. The predicted octanol–water partition coefficient (Wildman–Crippen LogP) is 4.07. The van der Waals surface area contributed by atoms with E-state index in [1.165, 1.54) is 0 Å². The zero-order chi connectivity index (χ0) is 18.7. The van der Waals surface area contributed by atoms with Crippen molar-refractivity contribution < 1.29 is 23.7 Å². The highest BCUT2D eigenvalue weighted by Crippen LogP contribution is 2.39. The number of rotatable bonds is 4. The number of benzene rings is 2. The Bertz CT molecular complexity index is 842. The zero-order valence-electron chi connectivity index (χ0n) is 15.4. The monoisotopic (exact) mass is 354 g/mol. The molecule has 0 saturated heterocycles. The van der Waals surface area contributed by atoms with Crippen LogP contribution in [0, 0.1) is 6.92 Å². The molecule has 0 bridgehead atoms. The number of ether oxygens (including phenoxy) is 4. The summed E-state index contributed by atoms with van der Waals surface area (Å²) in [5.41, 5.74) is 3.05. The summed E-state index contributed by atoms with van der Waals surface area (Å²) >= 11 is 0. The normalized spacial score (nSPS) is 15.1. The van der Waals surface area contributed by atoms with Gasteiger partial charge in [0.1, 0.15) is 5.75 Å². The number of Topliss-reactive ketones (excluding diaryl/α,β-unsaturated/α-hetero) is 1. The third-order valence-corrected chi connectivity index (χ3v) is 4.39. The molecule has 0 aromatic heterocycles. The second-order valence-electron chi connectivity index (χ2n) is 6.01. The molecule has 0 atom stereocenters. The van der Waals surface area contributed by atoms with Crippen molar-refractivity contribution in [2.75, 3.05) is 27.9 Å². The van der Waals surface area contributed by atoms with E-state index in [2.05, 4.69) is 0 Å². The van der Waals surface area contributed by atoms with Gasteiger partial charge in [0.25, 0.3) is 0 Å². The first-order valence-corrected chi connectivity index (χ1v) is 8.36. The fourth-order valence-corrected chi connectivity index (χ4v) is 3.10. The van der Waals surface area contributed by atoms with E-state index in [9.17, 15) is 4.79 Å². The minimum atomic E-state index is -0.0186. The number of hydrogen-bond acceptors (Lipinski definition) is 5. The first-order chi connectivity index (χ1) is 12.6. The zero-order valence-corrected chi connectivity index (χ0v) is 15.4. The van der Waals surface area contributed by atoms with Crippen molar-refractivity contribution in [3.63, 3.8) is 0 Å². The van der Waals surface area contributed by atoms with E-state index in [4.69, 9.17) is 18.9 Å². The lowest BCUT2D eigenvalue weighted by Gasteiger charge is -2.13. The third kappa shape index (κ3) is 3.25. The molecule has 0 saturated carbocycles. The molecule has 0 amide bonds. The van der Waals surface area contributed by atoms with E-state index in [-0.39, 0.29) is 5.78 Å². The average Bonchev–Trinajstić information content (AvgIpc) is 2.81. The molecule has 0 spiro atoms. The Morgan fingerprint density at radius 1 is 1.04 bits per heavy atom. The van der Waals surface area contributed by atoms with Crippen molar-refractivity contribution in [2.24, 2.45) is 0 Å². The number of ketones is 1. The van der Waals surface area contributed by atoms with Crippen LogP contribution in [0.1, 0.15) is 27.9 Å². The molecule has 3 rings (SSSR count). The standard InChI is InChI=1S/C21H22O5/c1-13-6-5-7-16-19(22)15(8-9-26-20(13)16)10-14-11-17(23-2)21(25-4)18(12-14)24-3/h5-7,10-12H,8-9H2,1-4H3. The molecular weight excluding hydrogens is 332 g/mol. The molecule has 2 aromatic rings. The van der Waals surface area contributed by atoms with E-state index in [0.717, 1.165) is 11.1 Å². The van der Waals surface area contributed by atoms with Crippen molar-refractivity contribution >= 4 is 11.9 Å². The van der Waals surface area contributed by atoms with Gasteiger partial charge in [0.05, 0.1) is 33.5 Å². The second kappa shape index (κ2) is 7.52. The molecule has 136 valence electrons. The topological polar surface area (TPSA) is 54.0 Å². The molecule has 5 nitrogen and oxygen atoms in total. The van der Waals surface area contributed by atoms with Gasteiger partial charge in [-0.15, -0.1) is 0 Å². The first kappa shape index (κ1) is 17.9. The molecule has 0 fully saturated rings. The van der Waals surface area contributed by atoms with E-state index in [0.29, 0.717) is 47.2 Å². The van der Waals surface area contributed by atoms with Crippen molar-refractivity contribution in [3.05, 3.63) is 52.6 Å². The summed E-state index contributed by atoms with van der Waals surface area (Å²) in [4.78, 5) is 13.0. The van der Waals surface area contributed by atoms with Crippen molar-refractivity contribution in [1.29, 1.82) is 0 Å². The predicted molar refractivity (Wildman–Crippen MR) is 99.7 cm³/mol. The summed E-state index contributed by atoms with van der Waals surface area (Å²) in [6, 6.07) is 9.27. The summed E-state index contributed by atoms with van der Waals surface area (Å²) in [7, 11) is 4.69. The van der Waals surface area contributed by atoms with E-state index < -0.39 is 0 Å². The van der Waals surface area contributed by atoms with Gasteiger partial charge in [-0.25, -0.2) is 0 Å². The Hall–Kier alpha value is -2.95. The van der Waals surface area contributed by atoms with Gasteiger partial charge in [-0.05, 0) is 42.3 Å². The van der Waals surface area contributed by atoms with Crippen LogP contribution in [-0.4, -0.2) is 33.7 Å². The maximum Gasteiger partial charge on any atom is 0.203 e. The summed E-state index contributed by atoms with van der Waals surface area (Å²) in [6.07, 6.45) is 2.39. The van der Waals surface area contributed by atoms with Gasteiger partial charge in [0.2, 0.25) is 5.75 Å². The third-order valence-electron chi connectivity index (χ3n) is 4.39. The van der Waals surface area contributed by atoms with Crippen LogP contribution in [0.15, 0.2) is 35.9 Å².